The van der Waals surface area contributed by atoms with Crippen LogP contribution in [0.3, 0.4) is 0 Å². The van der Waals surface area contributed by atoms with Gasteiger partial charge in [0, 0.05) is 11.8 Å². The van der Waals surface area contributed by atoms with E-state index in [9.17, 15) is 0 Å². The van der Waals surface area contributed by atoms with Gasteiger partial charge >= 0.3 is 0 Å². The number of rotatable bonds is 8. The third-order valence-corrected chi connectivity index (χ3v) is 11.6. The summed E-state index contributed by atoms with van der Waals surface area (Å²) in [5.41, 5.74) is 16.7. The molecule has 0 saturated heterocycles. The van der Waals surface area contributed by atoms with Crippen molar-refractivity contribution in [3.8, 4) is 44.5 Å². The van der Waals surface area contributed by atoms with Crippen molar-refractivity contribution in [3.63, 3.8) is 0 Å². The average Bonchev–Trinajstić information content (AvgIpc) is 4.07. The lowest BCUT2D eigenvalue weighted by atomic mass is 9.90. The summed E-state index contributed by atoms with van der Waals surface area (Å²) in [4.78, 5) is 0. The molecule has 1 aliphatic rings. The predicted octanol–water partition coefficient (Wildman–Crippen LogP) is 15.0. The van der Waals surface area contributed by atoms with E-state index in [0.29, 0.717) is 11.8 Å². The van der Waals surface area contributed by atoms with Crippen LogP contribution < -0.4 is 0 Å². The third kappa shape index (κ3) is 6.37. The van der Waals surface area contributed by atoms with Gasteiger partial charge < -0.3 is 0 Å². The van der Waals surface area contributed by atoms with E-state index in [1.54, 1.807) is 0 Å². The summed E-state index contributed by atoms with van der Waals surface area (Å²) in [6, 6.07) is 75.8. The Kier molecular flexibility index (Phi) is 8.30. The van der Waals surface area contributed by atoms with Crippen molar-refractivity contribution < 1.29 is 0 Å². The molecule has 0 N–H and O–H groups in total. The minimum Gasteiger partial charge on any atom is -0.0679 e. The van der Waals surface area contributed by atoms with Crippen LogP contribution in [0, 0.1) is 0 Å². The van der Waals surface area contributed by atoms with Crippen LogP contribution in [0.1, 0.15) is 41.0 Å². The van der Waals surface area contributed by atoms with E-state index < -0.39 is 0 Å². The topological polar surface area (TPSA) is 0 Å². The van der Waals surface area contributed by atoms with Crippen molar-refractivity contribution in [2.45, 2.75) is 18.8 Å². The van der Waals surface area contributed by atoms with Crippen molar-refractivity contribution in [2.75, 3.05) is 0 Å². The van der Waals surface area contributed by atoms with Crippen molar-refractivity contribution >= 4 is 27.1 Å². The van der Waals surface area contributed by atoms with E-state index in [2.05, 4.69) is 219 Å². The van der Waals surface area contributed by atoms with Gasteiger partial charge in [-0.3, -0.25) is 0 Å². The molecule has 0 amide bonds. The fourth-order valence-corrected chi connectivity index (χ4v) is 8.35. The van der Waals surface area contributed by atoms with Crippen molar-refractivity contribution in [3.05, 3.63) is 235 Å². The van der Waals surface area contributed by atoms with Crippen LogP contribution in [0.5, 0.6) is 0 Å². The minimum atomic E-state index is 0.362. The molecule has 0 aliphatic heterocycles. The maximum Gasteiger partial charge on any atom is 0.0278 e. The number of fused-ring (bicyclic) bond motifs is 2. The van der Waals surface area contributed by atoms with Gasteiger partial charge in [0.05, 0.1) is 0 Å². The molecule has 0 saturated carbocycles. The lowest BCUT2D eigenvalue weighted by Gasteiger charge is -2.14. The van der Waals surface area contributed by atoms with Crippen LogP contribution >= 0.6 is 0 Å². The molecule has 9 aromatic rings. The maximum absolute atomic E-state index is 2.38. The van der Waals surface area contributed by atoms with Crippen molar-refractivity contribution in [1.82, 2.24) is 0 Å². The standard InChI is InChI=1S/C55H40/c1-37(38-10-4-2-5-11-38)39-18-20-42(21-19-39)46-30-32-50-48(34-46)14-8-16-52(50)53-17-9-15-49-35-47(31-33-51(49)53)43-24-28-45(29-25-43)55-36-54(55)44-26-22-41(23-27-44)40-12-6-3-7-13-40/h2-37,54H,1H3. The predicted molar refractivity (Wildman–Crippen MR) is 234 cm³/mol. The first-order valence-electron chi connectivity index (χ1n) is 19.4. The van der Waals surface area contributed by atoms with Gasteiger partial charge in [-0.25, -0.2) is 0 Å². The number of allylic oxidation sites excluding steroid dienone is 2. The quantitative estimate of drug-likeness (QED) is 0.148. The van der Waals surface area contributed by atoms with Crippen LogP contribution in [0.2, 0.25) is 0 Å². The normalized spacial score (nSPS) is 14.1. The molecule has 0 bridgehead atoms. The number of hydrogen-bond donors (Lipinski definition) is 0. The summed E-state index contributed by atoms with van der Waals surface area (Å²) in [6.07, 6.45) is 2.38. The molecule has 0 heterocycles. The molecule has 260 valence electrons. The zero-order valence-corrected chi connectivity index (χ0v) is 30.9. The van der Waals surface area contributed by atoms with E-state index in [-0.39, 0.29) is 0 Å². The van der Waals surface area contributed by atoms with Gasteiger partial charge in [-0.15, -0.1) is 0 Å². The van der Waals surface area contributed by atoms with E-state index in [4.69, 9.17) is 0 Å². The zero-order chi connectivity index (χ0) is 36.7. The number of benzene rings is 9. The maximum atomic E-state index is 2.38. The van der Waals surface area contributed by atoms with Crippen LogP contribution in [0.15, 0.2) is 212 Å². The summed E-state index contributed by atoms with van der Waals surface area (Å²) in [5, 5.41) is 5.04. The molecule has 10 rings (SSSR count). The molecule has 2 unspecified atom stereocenters. The number of hydrogen-bond acceptors (Lipinski definition) is 0. The second kappa shape index (κ2) is 13.9. The third-order valence-electron chi connectivity index (χ3n) is 11.6. The van der Waals surface area contributed by atoms with E-state index in [1.807, 2.05) is 0 Å². The van der Waals surface area contributed by atoms with E-state index in [0.717, 1.165) is 0 Å². The van der Waals surface area contributed by atoms with Gasteiger partial charge in [0.15, 0.2) is 0 Å². The van der Waals surface area contributed by atoms with Gasteiger partial charge in [-0.05, 0) is 106 Å². The highest BCUT2D eigenvalue weighted by molar-refractivity contribution is 6.07. The monoisotopic (exact) mass is 700 g/mol. The molecule has 0 fully saturated rings. The fourth-order valence-electron chi connectivity index (χ4n) is 8.35. The van der Waals surface area contributed by atoms with Gasteiger partial charge in [0.25, 0.3) is 0 Å². The SMILES string of the molecule is CC(c1ccccc1)c1ccc(-c2ccc3c(-c4cccc5cc(-c6ccc(C7=CC7c7ccc(-c8ccccc8)cc7)cc6)ccc45)cccc3c2)cc1. The Morgan fingerprint density at radius 2 is 0.782 bits per heavy atom. The van der Waals surface area contributed by atoms with Gasteiger partial charge in [-0.1, -0.05) is 207 Å². The highest BCUT2D eigenvalue weighted by Gasteiger charge is 2.27. The van der Waals surface area contributed by atoms with Crippen molar-refractivity contribution in [1.29, 1.82) is 0 Å². The Labute approximate surface area is 323 Å². The Balaban J connectivity index is 0.875. The first kappa shape index (κ1) is 32.9. The van der Waals surface area contributed by atoms with Crippen molar-refractivity contribution in [2.24, 2.45) is 0 Å². The smallest absolute Gasteiger partial charge is 0.0278 e. The highest BCUT2D eigenvalue weighted by Crippen LogP contribution is 2.47. The Hall–Kier alpha value is -6.76. The molecule has 1 aliphatic carbocycles. The molecule has 2 atom stereocenters. The molecule has 0 spiro atoms. The summed E-state index contributed by atoms with van der Waals surface area (Å²) >= 11 is 0. The van der Waals surface area contributed by atoms with Crippen LogP contribution in [-0.4, -0.2) is 0 Å². The van der Waals surface area contributed by atoms with Gasteiger partial charge in [0.2, 0.25) is 0 Å². The summed E-state index contributed by atoms with van der Waals surface area (Å²) in [5.74, 6) is 0.761. The molecular weight excluding hydrogens is 661 g/mol. The van der Waals surface area contributed by atoms with Crippen LogP contribution in [-0.2, 0) is 0 Å². The molecule has 0 aromatic heterocycles. The Bertz CT molecular complexity index is 2830. The first-order valence-corrected chi connectivity index (χ1v) is 19.4. The first-order chi connectivity index (χ1) is 27.2. The van der Waals surface area contributed by atoms with E-state index in [1.165, 1.54) is 93.9 Å². The van der Waals surface area contributed by atoms with Crippen LogP contribution in [0.4, 0.5) is 0 Å². The second-order valence-corrected chi connectivity index (χ2v) is 14.9. The zero-order valence-electron chi connectivity index (χ0n) is 30.9. The minimum absolute atomic E-state index is 0.362. The molecule has 9 aromatic carbocycles. The molecular formula is C55H40. The molecule has 55 heavy (non-hydrogen) atoms. The Morgan fingerprint density at radius 3 is 1.36 bits per heavy atom. The van der Waals surface area contributed by atoms with Gasteiger partial charge in [0.1, 0.15) is 0 Å². The lowest BCUT2D eigenvalue weighted by Crippen LogP contribution is -1.95. The lowest BCUT2D eigenvalue weighted by molar-refractivity contribution is 0.923. The fraction of sp³-hybridized carbons (Fsp3) is 0.0545. The molecule has 0 radical (unpaired) electrons. The second-order valence-electron chi connectivity index (χ2n) is 14.9. The van der Waals surface area contributed by atoms with Gasteiger partial charge in [-0.2, -0.15) is 0 Å². The van der Waals surface area contributed by atoms with Crippen LogP contribution in [0.25, 0.3) is 71.6 Å². The summed E-state index contributed by atoms with van der Waals surface area (Å²) < 4.78 is 0. The van der Waals surface area contributed by atoms with E-state index >= 15 is 0 Å². The molecule has 0 nitrogen and oxygen atoms in total. The summed E-state index contributed by atoms with van der Waals surface area (Å²) in [6.45, 7) is 2.28. The Morgan fingerprint density at radius 1 is 0.345 bits per heavy atom. The largest absolute Gasteiger partial charge is 0.0679 e. The average molecular weight is 701 g/mol. The highest BCUT2D eigenvalue weighted by atomic mass is 14.3. The molecule has 0 heteroatoms. The summed E-state index contributed by atoms with van der Waals surface area (Å²) in [7, 11) is 0.